The molecular formula is C12H12N2. The zero-order chi connectivity index (χ0) is 9.80. The Kier molecular flexibility index (Phi) is 2.45. The van der Waals surface area contributed by atoms with Gasteiger partial charge in [-0.25, -0.2) is 4.68 Å². The minimum absolute atomic E-state index is 1.13. The van der Waals surface area contributed by atoms with Crippen molar-refractivity contribution in [1.29, 1.82) is 0 Å². The molecule has 0 aliphatic heterocycles. The van der Waals surface area contributed by atoms with Crippen molar-refractivity contribution in [2.24, 2.45) is 5.10 Å². The van der Waals surface area contributed by atoms with Crippen LogP contribution in [-0.2, 0) is 0 Å². The Bertz CT molecular complexity index is 478. The predicted octanol–water partition coefficient (Wildman–Crippen LogP) is 3.05. The van der Waals surface area contributed by atoms with E-state index in [0.29, 0.717) is 0 Å². The molecule has 0 saturated heterocycles. The molecule has 1 heterocycles. The largest absolute Gasteiger partial charge is 0.240 e. The molecule has 0 spiro atoms. The zero-order valence-electron chi connectivity index (χ0n) is 8.09. The fraction of sp³-hybridized carbons (Fsp3) is 0.0833. The number of allylic oxidation sites excluding steroid dienone is 2. The molecule has 70 valence electrons. The van der Waals surface area contributed by atoms with Crippen molar-refractivity contribution < 1.29 is 0 Å². The van der Waals surface area contributed by atoms with Gasteiger partial charge in [0.15, 0.2) is 0 Å². The van der Waals surface area contributed by atoms with Gasteiger partial charge in [0.2, 0.25) is 0 Å². The summed E-state index contributed by atoms with van der Waals surface area (Å²) in [5.41, 5.74) is 1.13. The smallest absolute Gasteiger partial charge is 0.0718 e. The van der Waals surface area contributed by atoms with E-state index in [1.807, 2.05) is 42.1 Å². The summed E-state index contributed by atoms with van der Waals surface area (Å²) >= 11 is 0. The molecule has 1 aromatic carbocycles. The summed E-state index contributed by atoms with van der Waals surface area (Å²) in [4.78, 5) is 0. The molecule has 0 fully saturated rings. The van der Waals surface area contributed by atoms with Crippen LogP contribution >= 0.6 is 0 Å². The van der Waals surface area contributed by atoms with E-state index in [1.54, 1.807) is 6.21 Å². The highest BCUT2D eigenvalue weighted by Gasteiger charge is 1.95. The van der Waals surface area contributed by atoms with Gasteiger partial charge >= 0.3 is 0 Å². The molecule has 0 saturated carbocycles. The van der Waals surface area contributed by atoms with E-state index in [4.69, 9.17) is 0 Å². The number of aromatic nitrogens is 1. The van der Waals surface area contributed by atoms with Gasteiger partial charge in [-0.15, -0.1) is 0 Å². The van der Waals surface area contributed by atoms with Crippen molar-refractivity contribution in [3.05, 3.63) is 48.7 Å². The number of benzene rings is 1. The van der Waals surface area contributed by atoms with Crippen LogP contribution in [0.2, 0.25) is 0 Å². The molecule has 14 heavy (non-hydrogen) atoms. The molecular weight excluding hydrogens is 172 g/mol. The lowest BCUT2D eigenvalue weighted by Crippen LogP contribution is -1.84. The summed E-state index contributed by atoms with van der Waals surface area (Å²) in [6.07, 6.45) is 7.61. The van der Waals surface area contributed by atoms with E-state index < -0.39 is 0 Å². The fourth-order valence-corrected chi connectivity index (χ4v) is 1.37. The van der Waals surface area contributed by atoms with Gasteiger partial charge in [-0.3, -0.25) is 0 Å². The van der Waals surface area contributed by atoms with Crippen molar-refractivity contribution in [2.45, 2.75) is 6.92 Å². The van der Waals surface area contributed by atoms with Crippen LogP contribution in [0.4, 0.5) is 0 Å². The molecule has 0 atom stereocenters. The number of nitrogens with zero attached hydrogens (tertiary/aromatic N) is 2. The summed E-state index contributed by atoms with van der Waals surface area (Å²) in [7, 11) is 0. The standard InChI is InChI=1S/C12H12N2/c1-2-3-9-13-14-10-8-11-6-4-5-7-12(11)14/h2-10H,1H3. The van der Waals surface area contributed by atoms with Crippen LogP contribution < -0.4 is 0 Å². The van der Waals surface area contributed by atoms with Crippen LogP contribution in [0.25, 0.3) is 10.9 Å². The first kappa shape index (κ1) is 8.75. The Balaban J connectivity index is 2.43. The third-order valence-corrected chi connectivity index (χ3v) is 2.05. The van der Waals surface area contributed by atoms with Gasteiger partial charge in [-0.2, -0.15) is 5.10 Å². The molecule has 0 amide bonds. The minimum Gasteiger partial charge on any atom is -0.240 e. The number of rotatable bonds is 2. The van der Waals surface area contributed by atoms with Crippen LogP contribution in [0, 0.1) is 0 Å². The molecule has 0 bridgehead atoms. The van der Waals surface area contributed by atoms with Gasteiger partial charge in [0.1, 0.15) is 0 Å². The number of hydrogen-bond donors (Lipinski definition) is 0. The quantitative estimate of drug-likeness (QED) is 0.638. The van der Waals surface area contributed by atoms with Crippen LogP contribution in [0.3, 0.4) is 0 Å². The van der Waals surface area contributed by atoms with Gasteiger partial charge < -0.3 is 0 Å². The van der Waals surface area contributed by atoms with Gasteiger partial charge in [0.25, 0.3) is 0 Å². The molecule has 0 unspecified atom stereocenters. The lowest BCUT2D eigenvalue weighted by molar-refractivity contribution is 0.934. The van der Waals surface area contributed by atoms with Gasteiger partial charge in [-0.05, 0) is 25.1 Å². The second kappa shape index (κ2) is 3.92. The first-order chi connectivity index (χ1) is 6.92. The van der Waals surface area contributed by atoms with Crippen molar-refractivity contribution in [3.8, 4) is 0 Å². The summed E-state index contributed by atoms with van der Waals surface area (Å²) in [6.45, 7) is 1.97. The highest BCUT2D eigenvalue weighted by molar-refractivity contribution is 5.80. The normalized spacial score (nSPS) is 12.1. The SMILES string of the molecule is CC=CC=Nn1ccc2ccccc21. The van der Waals surface area contributed by atoms with Crippen molar-refractivity contribution in [3.63, 3.8) is 0 Å². The Morgan fingerprint density at radius 1 is 1.21 bits per heavy atom. The third-order valence-electron chi connectivity index (χ3n) is 2.05. The second-order valence-electron chi connectivity index (χ2n) is 3.01. The van der Waals surface area contributed by atoms with Crippen LogP contribution in [0.5, 0.6) is 0 Å². The maximum absolute atomic E-state index is 4.29. The summed E-state index contributed by atoms with van der Waals surface area (Å²) in [5, 5.41) is 5.50. The molecule has 2 nitrogen and oxygen atoms in total. The van der Waals surface area contributed by atoms with E-state index in [2.05, 4.69) is 23.3 Å². The van der Waals surface area contributed by atoms with Crippen LogP contribution in [0.1, 0.15) is 6.92 Å². The first-order valence-corrected chi connectivity index (χ1v) is 4.63. The Hall–Kier alpha value is -1.83. The lowest BCUT2D eigenvalue weighted by Gasteiger charge is -1.94. The molecule has 0 N–H and O–H groups in total. The van der Waals surface area contributed by atoms with Crippen LogP contribution in [0.15, 0.2) is 53.8 Å². The molecule has 0 aliphatic carbocycles. The number of hydrogen-bond acceptors (Lipinski definition) is 1. The van der Waals surface area contributed by atoms with Crippen molar-refractivity contribution in [1.82, 2.24) is 4.68 Å². The van der Waals surface area contributed by atoms with Gasteiger partial charge in [0, 0.05) is 17.8 Å². The predicted molar refractivity (Wildman–Crippen MR) is 60.6 cm³/mol. The first-order valence-electron chi connectivity index (χ1n) is 4.63. The fourth-order valence-electron chi connectivity index (χ4n) is 1.37. The lowest BCUT2D eigenvalue weighted by atomic mass is 10.3. The van der Waals surface area contributed by atoms with E-state index in [9.17, 15) is 0 Å². The van der Waals surface area contributed by atoms with Crippen LogP contribution in [-0.4, -0.2) is 10.9 Å². The second-order valence-corrected chi connectivity index (χ2v) is 3.01. The molecule has 0 radical (unpaired) electrons. The number of para-hydroxylation sites is 1. The summed E-state index contributed by atoms with van der Waals surface area (Å²) < 4.78 is 1.87. The average Bonchev–Trinajstić information content (AvgIpc) is 2.63. The number of fused-ring (bicyclic) bond motifs is 1. The maximum Gasteiger partial charge on any atom is 0.0718 e. The van der Waals surface area contributed by atoms with Gasteiger partial charge in [0.05, 0.1) is 5.52 Å². The van der Waals surface area contributed by atoms with E-state index in [1.165, 1.54) is 5.39 Å². The van der Waals surface area contributed by atoms with Crippen molar-refractivity contribution in [2.75, 3.05) is 0 Å². The zero-order valence-corrected chi connectivity index (χ0v) is 8.09. The highest BCUT2D eigenvalue weighted by atomic mass is 15.3. The van der Waals surface area contributed by atoms with E-state index in [0.717, 1.165) is 5.52 Å². The average molecular weight is 184 g/mol. The molecule has 2 heteroatoms. The highest BCUT2D eigenvalue weighted by Crippen LogP contribution is 2.14. The molecule has 2 aromatic rings. The monoisotopic (exact) mass is 184 g/mol. The Morgan fingerprint density at radius 3 is 2.93 bits per heavy atom. The summed E-state index contributed by atoms with van der Waals surface area (Å²) in [6, 6.07) is 10.2. The minimum atomic E-state index is 1.13. The van der Waals surface area contributed by atoms with Crippen molar-refractivity contribution >= 4 is 17.1 Å². The summed E-state index contributed by atoms with van der Waals surface area (Å²) in [5.74, 6) is 0. The van der Waals surface area contributed by atoms with E-state index >= 15 is 0 Å². The van der Waals surface area contributed by atoms with Gasteiger partial charge in [-0.1, -0.05) is 24.3 Å². The molecule has 1 aromatic heterocycles. The molecule has 2 rings (SSSR count). The third kappa shape index (κ3) is 1.59. The Morgan fingerprint density at radius 2 is 2.07 bits per heavy atom. The topological polar surface area (TPSA) is 17.3 Å². The molecule has 0 aliphatic rings. The van der Waals surface area contributed by atoms with E-state index in [-0.39, 0.29) is 0 Å². The maximum atomic E-state index is 4.29. The Labute approximate surface area is 83.2 Å².